The number of sulfonamides is 1. The minimum atomic E-state index is -3.68. The van der Waals surface area contributed by atoms with Crippen molar-refractivity contribution in [1.82, 2.24) is 29.8 Å². The van der Waals surface area contributed by atoms with Crippen LogP contribution in [0.2, 0.25) is 0 Å². The summed E-state index contributed by atoms with van der Waals surface area (Å²) in [5.74, 6) is 0.561. The van der Waals surface area contributed by atoms with Crippen molar-refractivity contribution < 1.29 is 18.0 Å². The summed E-state index contributed by atoms with van der Waals surface area (Å²) in [6, 6.07) is 23.6. The maximum Gasteiger partial charge on any atom is 0.249 e. The quantitative estimate of drug-likeness (QED) is 0.117. The number of amides is 2. The van der Waals surface area contributed by atoms with Gasteiger partial charge in [-0.3, -0.25) is 24.7 Å². The number of hydrogen-bond donors (Lipinski definition) is 5. The molecule has 1 unspecified atom stereocenters. The number of nitrogens with one attached hydrogen (secondary N) is 5. The molecule has 4 aromatic rings. The Morgan fingerprint density at radius 1 is 0.825 bits per heavy atom. The van der Waals surface area contributed by atoms with E-state index in [2.05, 4.69) is 82.1 Å². The van der Waals surface area contributed by atoms with E-state index in [0.717, 1.165) is 75.6 Å². The summed E-state index contributed by atoms with van der Waals surface area (Å²) in [4.78, 5) is 40.5. The summed E-state index contributed by atoms with van der Waals surface area (Å²) in [6.45, 7) is 14.5. The number of hydrogen-bond acceptors (Lipinski definition) is 12. The van der Waals surface area contributed by atoms with Crippen molar-refractivity contribution in [1.29, 1.82) is 0 Å². The van der Waals surface area contributed by atoms with Crippen LogP contribution in [0.4, 0.5) is 34.5 Å². The first-order chi connectivity index (χ1) is 27.3. The minimum Gasteiger partial charge on any atom is -0.374 e. The van der Waals surface area contributed by atoms with Crippen LogP contribution in [0.1, 0.15) is 57.6 Å². The van der Waals surface area contributed by atoms with Crippen molar-refractivity contribution in [2.24, 2.45) is 0 Å². The summed E-state index contributed by atoms with van der Waals surface area (Å²) in [5.41, 5.74) is 5.06. The van der Waals surface area contributed by atoms with Gasteiger partial charge in [0.05, 0.1) is 4.90 Å². The van der Waals surface area contributed by atoms with Gasteiger partial charge in [-0.05, 0) is 107 Å². The summed E-state index contributed by atoms with van der Waals surface area (Å²) in [5, 5.41) is 12.2. The maximum atomic E-state index is 12.9. The average molecular weight is 795 g/mol. The Hall–Kier alpha value is -5.09. The molecule has 0 bridgehead atoms. The van der Waals surface area contributed by atoms with E-state index in [9.17, 15) is 18.0 Å². The number of anilines is 6. The lowest BCUT2D eigenvalue weighted by Crippen LogP contribution is -2.53. The highest BCUT2D eigenvalue weighted by Crippen LogP contribution is 2.28. The van der Waals surface area contributed by atoms with E-state index in [1.165, 1.54) is 11.3 Å². The molecule has 0 spiro atoms. The molecule has 3 aromatic carbocycles. The number of carbonyl (C=O) groups excluding carboxylic acids is 2. The third-order valence-corrected chi connectivity index (χ3v) is 12.4. The zero-order chi connectivity index (χ0) is 40.2. The third kappa shape index (κ3) is 10.7. The Labute approximate surface area is 335 Å². The maximum absolute atomic E-state index is 12.9. The van der Waals surface area contributed by atoms with Crippen molar-refractivity contribution in [2.45, 2.75) is 82.4 Å². The molecule has 3 aliphatic heterocycles. The van der Waals surface area contributed by atoms with Crippen LogP contribution < -0.4 is 30.9 Å². The van der Waals surface area contributed by atoms with E-state index in [1.54, 1.807) is 24.4 Å². The molecule has 5 N–H and O–H groups in total. The second-order valence-electron chi connectivity index (χ2n) is 16.3. The van der Waals surface area contributed by atoms with Crippen LogP contribution in [0.15, 0.2) is 83.9 Å². The van der Waals surface area contributed by atoms with Gasteiger partial charge in [-0.25, -0.2) is 18.1 Å². The monoisotopic (exact) mass is 794 g/mol. The number of nitrogens with zero attached hydrogens (tertiary/aromatic N) is 5. The molecule has 0 aliphatic carbocycles. The molecule has 3 fully saturated rings. The van der Waals surface area contributed by atoms with Crippen molar-refractivity contribution >= 4 is 56.4 Å². The molecule has 0 saturated carbocycles. The molecular formula is C42H54N10O4S. The molecule has 57 heavy (non-hydrogen) atoms. The van der Waals surface area contributed by atoms with Crippen molar-refractivity contribution in [2.75, 3.05) is 60.1 Å². The van der Waals surface area contributed by atoms with E-state index >= 15 is 0 Å². The highest BCUT2D eigenvalue weighted by atomic mass is 32.2. The molecule has 15 heteroatoms. The number of piperazine rings is 1. The Kier molecular flexibility index (Phi) is 12.1. The number of aryl methyl sites for hydroxylation is 1. The van der Waals surface area contributed by atoms with Crippen LogP contribution in [0.5, 0.6) is 0 Å². The topological polar surface area (TPSA) is 164 Å². The van der Waals surface area contributed by atoms with Crippen LogP contribution in [0, 0.1) is 6.92 Å². The molecule has 302 valence electrons. The van der Waals surface area contributed by atoms with Gasteiger partial charge in [0.2, 0.25) is 27.8 Å². The zero-order valence-electron chi connectivity index (χ0n) is 33.2. The lowest BCUT2D eigenvalue weighted by molar-refractivity contribution is -0.133. The van der Waals surface area contributed by atoms with Crippen molar-refractivity contribution in [3.63, 3.8) is 0 Å². The first kappa shape index (κ1) is 40.1. The molecule has 1 atom stereocenters. The third-order valence-electron chi connectivity index (χ3n) is 10.6. The smallest absolute Gasteiger partial charge is 0.249 e. The van der Waals surface area contributed by atoms with Gasteiger partial charge in [-0.2, -0.15) is 4.98 Å². The number of rotatable bonds is 12. The minimum absolute atomic E-state index is 0.176. The SMILES string of the molecule is Cc1cnc(Nc2ccc(N3CCC(N4CCN(Cc5ccc(NC6CCC(=O)NC6=O)cc5)CC4)CC3)cc2)nc1Nc1cccc(S(=O)(=O)NC(C)(C)C)c1. The second kappa shape index (κ2) is 17.2. The van der Waals surface area contributed by atoms with E-state index in [4.69, 9.17) is 4.98 Å². The highest BCUT2D eigenvalue weighted by Gasteiger charge is 2.29. The number of benzene rings is 3. The number of imide groups is 1. The summed E-state index contributed by atoms with van der Waals surface area (Å²) < 4.78 is 28.5. The predicted molar refractivity (Wildman–Crippen MR) is 225 cm³/mol. The van der Waals surface area contributed by atoms with Gasteiger partial charge in [0, 0.05) is 98.3 Å². The van der Waals surface area contributed by atoms with Crippen LogP contribution in [0.3, 0.4) is 0 Å². The fraction of sp³-hybridized carbons (Fsp3) is 0.429. The van der Waals surface area contributed by atoms with Crippen LogP contribution in [-0.4, -0.2) is 96.9 Å². The molecule has 14 nitrogen and oxygen atoms in total. The van der Waals surface area contributed by atoms with Crippen LogP contribution in [-0.2, 0) is 26.2 Å². The Morgan fingerprint density at radius 2 is 1.53 bits per heavy atom. The zero-order valence-corrected chi connectivity index (χ0v) is 34.0. The fourth-order valence-electron chi connectivity index (χ4n) is 7.63. The van der Waals surface area contributed by atoms with Gasteiger partial charge >= 0.3 is 0 Å². The van der Waals surface area contributed by atoms with E-state index in [0.29, 0.717) is 36.3 Å². The first-order valence-corrected chi connectivity index (χ1v) is 21.3. The summed E-state index contributed by atoms with van der Waals surface area (Å²) in [7, 11) is -3.68. The molecule has 2 amide bonds. The van der Waals surface area contributed by atoms with Gasteiger partial charge in [0.15, 0.2) is 0 Å². The standard InChI is InChI=1S/C42H54N10O4S/c1-29-27-43-41(48-39(29)45-33-6-5-7-36(26-33)57(55,56)49-42(2,3)4)46-32-12-14-34(15-13-32)51-20-18-35(19-21-51)52-24-22-50(23-25-52)28-30-8-10-31(11-9-30)44-37-16-17-38(53)47-40(37)54/h5-15,26-27,35,37,44,49H,16-25,28H2,1-4H3,(H,47,53,54)(H2,43,45,46,48). The molecule has 3 aliphatic rings. The van der Waals surface area contributed by atoms with Crippen molar-refractivity contribution in [3.8, 4) is 0 Å². The van der Waals surface area contributed by atoms with E-state index in [-0.39, 0.29) is 22.8 Å². The van der Waals surface area contributed by atoms with E-state index in [1.807, 2.05) is 45.9 Å². The summed E-state index contributed by atoms with van der Waals surface area (Å²) >= 11 is 0. The van der Waals surface area contributed by atoms with Gasteiger partial charge < -0.3 is 20.9 Å². The molecule has 0 radical (unpaired) electrons. The molecule has 1 aromatic heterocycles. The largest absolute Gasteiger partial charge is 0.374 e. The lowest BCUT2D eigenvalue weighted by Gasteiger charge is -2.43. The average Bonchev–Trinajstić information content (AvgIpc) is 3.18. The lowest BCUT2D eigenvalue weighted by atomic mass is 10.0. The number of carbonyl (C=O) groups is 2. The Bertz CT molecular complexity index is 2140. The van der Waals surface area contributed by atoms with Gasteiger partial charge in [0.25, 0.3) is 0 Å². The molecule has 7 rings (SSSR count). The van der Waals surface area contributed by atoms with Crippen LogP contribution in [0.25, 0.3) is 0 Å². The fourth-order valence-corrected chi connectivity index (χ4v) is 9.09. The molecular weight excluding hydrogens is 741 g/mol. The first-order valence-electron chi connectivity index (χ1n) is 19.8. The molecule has 3 saturated heterocycles. The highest BCUT2D eigenvalue weighted by molar-refractivity contribution is 7.89. The second-order valence-corrected chi connectivity index (χ2v) is 18.0. The van der Waals surface area contributed by atoms with Gasteiger partial charge in [0.1, 0.15) is 11.9 Å². The van der Waals surface area contributed by atoms with Gasteiger partial charge in [-0.15, -0.1) is 0 Å². The normalized spacial score (nSPS) is 18.9. The predicted octanol–water partition coefficient (Wildman–Crippen LogP) is 5.35. The van der Waals surface area contributed by atoms with Crippen LogP contribution >= 0.6 is 0 Å². The van der Waals surface area contributed by atoms with Gasteiger partial charge in [-0.1, -0.05) is 18.2 Å². The van der Waals surface area contributed by atoms with Crippen molar-refractivity contribution in [3.05, 3.63) is 90.1 Å². The number of aromatic nitrogens is 2. The Morgan fingerprint density at radius 3 is 2.21 bits per heavy atom. The Balaban J connectivity index is 0.854. The summed E-state index contributed by atoms with van der Waals surface area (Å²) in [6.07, 6.45) is 4.89. The number of piperidine rings is 2. The van der Waals surface area contributed by atoms with E-state index < -0.39 is 15.6 Å². The molecule has 4 heterocycles.